The fourth-order valence-electron chi connectivity index (χ4n) is 1.91. The Labute approximate surface area is 118 Å². The number of nitrogens with one attached hydrogen (secondary N) is 1. The second kappa shape index (κ2) is 6.25. The number of hydrogen-bond donors (Lipinski definition) is 2. The lowest BCUT2D eigenvalue weighted by Gasteiger charge is -2.04. The van der Waals surface area contributed by atoms with E-state index in [1.54, 1.807) is 16.8 Å². The van der Waals surface area contributed by atoms with Gasteiger partial charge in [-0.25, -0.2) is 13.1 Å². The highest BCUT2D eigenvalue weighted by atomic mass is 32.2. The van der Waals surface area contributed by atoms with Gasteiger partial charge in [-0.3, -0.25) is 0 Å². The van der Waals surface area contributed by atoms with Crippen LogP contribution < -0.4 is 4.72 Å². The first-order valence-electron chi connectivity index (χ1n) is 6.37. The van der Waals surface area contributed by atoms with Crippen LogP contribution in [0.1, 0.15) is 24.6 Å². The molecule has 2 heterocycles. The zero-order chi connectivity index (χ0) is 14.6. The molecular formula is C13H18N2O4S. The maximum atomic E-state index is 12.2. The van der Waals surface area contributed by atoms with E-state index in [4.69, 9.17) is 4.42 Å². The first kappa shape index (κ1) is 14.8. The van der Waals surface area contributed by atoms with Crippen molar-refractivity contribution in [2.75, 3.05) is 0 Å². The summed E-state index contributed by atoms with van der Waals surface area (Å²) in [5.74, 6) is 0. The standard InChI is InChI=1S/C13H18N2O4S/c1-2-4-15-8-13(6-12(15)9-16)20(17,18)14-7-11-3-5-19-10-11/h3,5-6,8,10,14,16H,2,4,7,9H2,1H3. The molecule has 0 atom stereocenters. The molecule has 0 spiro atoms. The van der Waals surface area contributed by atoms with E-state index < -0.39 is 10.0 Å². The van der Waals surface area contributed by atoms with E-state index >= 15 is 0 Å². The molecular weight excluding hydrogens is 280 g/mol. The van der Waals surface area contributed by atoms with Crippen LogP contribution in [0.3, 0.4) is 0 Å². The van der Waals surface area contributed by atoms with Gasteiger partial charge < -0.3 is 14.1 Å². The van der Waals surface area contributed by atoms with E-state index in [9.17, 15) is 13.5 Å². The van der Waals surface area contributed by atoms with Crippen molar-refractivity contribution in [3.8, 4) is 0 Å². The van der Waals surface area contributed by atoms with Crippen molar-refractivity contribution in [3.05, 3.63) is 42.1 Å². The Bertz CT molecular complexity index is 644. The van der Waals surface area contributed by atoms with Gasteiger partial charge in [0.1, 0.15) is 0 Å². The Morgan fingerprint density at radius 3 is 2.85 bits per heavy atom. The van der Waals surface area contributed by atoms with Gasteiger partial charge in [0.25, 0.3) is 0 Å². The van der Waals surface area contributed by atoms with Gasteiger partial charge >= 0.3 is 0 Å². The van der Waals surface area contributed by atoms with Gasteiger partial charge in [-0.05, 0) is 18.6 Å². The first-order valence-corrected chi connectivity index (χ1v) is 7.85. The molecule has 0 saturated carbocycles. The van der Waals surface area contributed by atoms with Gasteiger partial charge in [0.2, 0.25) is 10.0 Å². The topological polar surface area (TPSA) is 84.5 Å². The van der Waals surface area contributed by atoms with Crippen molar-refractivity contribution < 1.29 is 17.9 Å². The Kier molecular flexibility index (Phi) is 4.64. The zero-order valence-electron chi connectivity index (χ0n) is 11.2. The average Bonchev–Trinajstić information content (AvgIpc) is 3.06. The summed E-state index contributed by atoms with van der Waals surface area (Å²) in [4.78, 5) is 0.165. The third-order valence-corrected chi connectivity index (χ3v) is 4.31. The van der Waals surface area contributed by atoms with Crippen molar-refractivity contribution in [2.24, 2.45) is 0 Å². The third-order valence-electron chi connectivity index (χ3n) is 2.94. The molecule has 0 aliphatic carbocycles. The Morgan fingerprint density at radius 2 is 2.25 bits per heavy atom. The largest absolute Gasteiger partial charge is 0.472 e. The summed E-state index contributed by atoms with van der Waals surface area (Å²) in [6.07, 6.45) is 5.39. The van der Waals surface area contributed by atoms with Crippen LogP contribution in [0, 0.1) is 0 Å². The van der Waals surface area contributed by atoms with Gasteiger partial charge in [-0.2, -0.15) is 0 Å². The van der Waals surface area contributed by atoms with Crippen LogP contribution in [0.15, 0.2) is 40.2 Å². The number of aliphatic hydroxyl groups is 1. The predicted molar refractivity (Wildman–Crippen MR) is 73.4 cm³/mol. The molecule has 0 aliphatic heterocycles. The number of rotatable bonds is 7. The summed E-state index contributed by atoms with van der Waals surface area (Å²) < 4.78 is 33.5. The molecule has 6 nitrogen and oxygen atoms in total. The van der Waals surface area contributed by atoms with Crippen molar-refractivity contribution in [3.63, 3.8) is 0 Å². The summed E-state index contributed by atoms with van der Waals surface area (Å²) in [5, 5.41) is 9.26. The molecule has 2 N–H and O–H groups in total. The zero-order valence-corrected chi connectivity index (χ0v) is 12.1. The lowest BCUT2D eigenvalue weighted by molar-refractivity contribution is 0.270. The van der Waals surface area contributed by atoms with E-state index in [0.717, 1.165) is 12.0 Å². The lowest BCUT2D eigenvalue weighted by atomic mass is 10.4. The van der Waals surface area contributed by atoms with Crippen LogP contribution in [0.4, 0.5) is 0 Å². The number of nitrogens with zero attached hydrogens (tertiary/aromatic N) is 1. The lowest BCUT2D eigenvalue weighted by Crippen LogP contribution is -2.22. The summed E-state index contributed by atoms with van der Waals surface area (Å²) in [5.41, 5.74) is 1.35. The van der Waals surface area contributed by atoms with Crippen LogP contribution in [0.2, 0.25) is 0 Å². The number of aromatic nitrogens is 1. The SMILES string of the molecule is CCCn1cc(S(=O)(=O)NCc2ccoc2)cc1CO. The monoisotopic (exact) mass is 298 g/mol. The Balaban J connectivity index is 2.16. The number of aliphatic hydroxyl groups excluding tert-OH is 1. The second-order valence-corrected chi connectivity index (χ2v) is 6.24. The van der Waals surface area contributed by atoms with Crippen molar-refractivity contribution in [2.45, 2.75) is 37.9 Å². The van der Waals surface area contributed by atoms with E-state index in [0.29, 0.717) is 12.2 Å². The molecule has 0 fully saturated rings. The fourth-order valence-corrected chi connectivity index (χ4v) is 2.99. The van der Waals surface area contributed by atoms with Crippen molar-refractivity contribution >= 4 is 10.0 Å². The minimum Gasteiger partial charge on any atom is -0.472 e. The molecule has 0 amide bonds. The molecule has 0 unspecified atom stereocenters. The summed E-state index contributed by atoms with van der Waals surface area (Å²) in [6, 6.07) is 3.19. The summed E-state index contributed by atoms with van der Waals surface area (Å²) in [6.45, 7) is 2.66. The first-order chi connectivity index (χ1) is 9.56. The molecule has 0 aliphatic rings. The fraction of sp³-hybridized carbons (Fsp3) is 0.385. The third kappa shape index (κ3) is 3.30. The minimum absolute atomic E-state index is 0.165. The maximum Gasteiger partial charge on any atom is 0.242 e. The van der Waals surface area contributed by atoms with Gasteiger partial charge in [-0.15, -0.1) is 0 Å². The van der Waals surface area contributed by atoms with E-state index in [1.807, 2.05) is 6.92 Å². The van der Waals surface area contributed by atoms with Gasteiger partial charge in [0.05, 0.1) is 24.0 Å². The summed E-state index contributed by atoms with van der Waals surface area (Å²) >= 11 is 0. The number of hydrogen-bond acceptors (Lipinski definition) is 4. The Morgan fingerprint density at radius 1 is 1.45 bits per heavy atom. The van der Waals surface area contributed by atoms with Gasteiger partial charge in [0.15, 0.2) is 0 Å². The van der Waals surface area contributed by atoms with E-state index in [1.165, 1.54) is 18.6 Å². The van der Waals surface area contributed by atoms with Crippen LogP contribution in [-0.2, 0) is 29.7 Å². The number of aryl methyl sites for hydroxylation is 1. The molecule has 20 heavy (non-hydrogen) atoms. The van der Waals surface area contributed by atoms with Crippen molar-refractivity contribution in [1.29, 1.82) is 0 Å². The molecule has 2 rings (SSSR count). The second-order valence-electron chi connectivity index (χ2n) is 4.47. The highest BCUT2D eigenvalue weighted by Gasteiger charge is 2.18. The molecule has 0 bridgehead atoms. The van der Waals surface area contributed by atoms with Crippen LogP contribution in [0.25, 0.3) is 0 Å². The molecule has 0 aromatic carbocycles. The summed E-state index contributed by atoms with van der Waals surface area (Å²) in [7, 11) is -3.59. The maximum absolute atomic E-state index is 12.2. The van der Waals surface area contributed by atoms with Crippen LogP contribution >= 0.6 is 0 Å². The van der Waals surface area contributed by atoms with Gasteiger partial charge in [-0.1, -0.05) is 6.92 Å². The molecule has 0 saturated heterocycles. The molecule has 7 heteroatoms. The predicted octanol–water partition coefficient (Wildman–Crippen LogP) is 1.46. The van der Waals surface area contributed by atoms with Crippen LogP contribution in [-0.4, -0.2) is 18.1 Å². The molecule has 2 aromatic rings. The quantitative estimate of drug-likeness (QED) is 0.810. The normalized spacial score (nSPS) is 11.9. The van der Waals surface area contributed by atoms with Gasteiger partial charge in [0, 0.05) is 30.5 Å². The smallest absolute Gasteiger partial charge is 0.242 e. The molecule has 110 valence electrons. The van der Waals surface area contributed by atoms with Crippen molar-refractivity contribution in [1.82, 2.24) is 9.29 Å². The number of sulfonamides is 1. The van der Waals surface area contributed by atoms with E-state index in [-0.39, 0.29) is 18.0 Å². The highest BCUT2D eigenvalue weighted by Crippen LogP contribution is 2.15. The molecule has 2 aromatic heterocycles. The molecule has 0 radical (unpaired) electrons. The number of furan rings is 1. The van der Waals surface area contributed by atoms with Crippen LogP contribution in [0.5, 0.6) is 0 Å². The Hall–Kier alpha value is -1.57. The highest BCUT2D eigenvalue weighted by molar-refractivity contribution is 7.89. The minimum atomic E-state index is -3.59. The average molecular weight is 298 g/mol. The van der Waals surface area contributed by atoms with E-state index in [2.05, 4.69) is 4.72 Å².